The summed E-state index contributed by atoms with van der Waals surface area (Å²) >= 11 is 1.40. The number of hydrogen-bond donors (Lipinski definition) is 1. The zero-order chi connectivity index (χ0) is 21.8. The van der Waals surface area contributed by atoms with E-state index in [9.17, 15) is 4.79 Å². The number of rotatable bonds is 7. The lowest BCUT2D eigenvalue weighted by molar-refractivity contribution is -0.113. The number of furan rings is 1. The number of amides is 1. The minimum Gasteiger partial charge on any atom is -0.467 e. The standard InChI is InChI=1S/C23H29N5O2S/c1-23(2,3)18-10-4-5-11-19(18)24-20(29)16-31-22-26-25-21(27-12-6-7-13-27)28(22)15-17-9-8-14-30-17/h4-5,8-11,14H,6-7,12-13,15-16H2,1-3H3,(H,24,29). The molecule has 0 spiro atoms. The van der Waals surface area contributed by atoms with Crippen LogP contribution in [0.15, 0.2) is 52.2 Å². The van der Waals surface area contributed by atoms with Crippen molar-refractivity contribution in [2.75, 3.05) is 29.1 Å². The van der Waals surface area contributed by atoms with Gasteiger partial charge in [0.1, 0.15) is 5.76 Å². The Balaban J connectivity index is 1.48. The number of aromatic nitrogens is 3. The van der Waals surface area contributed by atoms with E-state index in [4.69, 9.17) is 4.42 Å². The third-order valence-electron chi connectivity index (χ3n) is 5.32. The van der Waals surface area contributed by atoms with Gasteiger partial charge in [-0.2, -0.15) is 0 Å². The van der Waals surface area contributed by atoms with Crippen LogP contribution in [-0.2, 0) is 16.8 Å². The molecule has 0 saturated carbocycles. The predicted molar refractivity (Wildman–Crippen MR) is 124 cm³/mol. The molecule has 1 aliphatic rings. The molecule has 3 heterocycles. The Morgan fingerprint density at radius 2 is 1.90 bits per heavy atom. The fourth-order valence-electron chi connectivity index (χ4n) is 3.80. The molecule has 3 aromatic rings. The summed E-state index contributed by atoms with van der Waals surface area (Å²) in [5.74, 6) is 1.88. The summed E-state index contributed by atoms with van der Waals surface area (Å²) in [6, 6.07) is 11.8. The number of hydrogen-bond acceptors (Lipinski definition) is 6. The Bertz CT molecular complexity index is 1020. The predicted octanol–water partition coefficient (Wildman–Crippen LogP) is 4.55. The highest BCUT2D eigenvalue weighted by molar-refractivity contribution is 7.99. The van der Waals surface area contributed by atoms with E-state index in [2.05, 4.69) is 47.3 Å². The van der Waals surface area contributed by atoms with Crippen molar-refractivity contribution in [3.8, 4) is 0 Å². The van der Waals surface area contributed by atoms with Gasteiger partial charge in [-0.25, -0.2) is 0 Å². The largest absolute Gasteiger partial charge is 0.467 e. The summed E-state index contributed by atoms with van der Waals surface area (Å²) < 4.78 is 7.59. The first-order valence-electron chi connectivity index (χ1n) is 10.6. The number of thioether (sulfide) groups is 1. The molecule has 1 aromatic carbocycles. The Kier molecular flexibility index (Phi) is 6.36. The van der Waals surface area contributed by atoms with Gasteiger partial charge in [0.2, 0.25) is 11.9 Å². The zero-order valence-electron chi connectivity index (χ0n) is 18.3. The van der Waals surface area contributed by atoms with Gasteiger partial charge >= 0.3 is 0 Å². The maximum Gasteiger partial charge on any atom is 0.234 e. The molecule has 1 saturated heterocycles. The van der Waals surface area contributed by atoms with E-state index in [0.717, 1.165) is 54.0 Å². The minimum absolute atomic E-state index is 0.0507. The number of nitrogens with one attached hydrogen (secondary N) is 1. The van der Waals surface area contributed by atoms with Gasteiger partial charge in [0.15, 0.2) is 5.16 Å². The van der Waals surface area contributed by atoms with Crippen LogP contribution in [0.1, 0.15) is 44.9 Å². The molecule has 1 fully saturated rings. The number of para-hydroxylation sites is 1. The van der Waals surface area contributed by atoms with Crippen molar-refractivity contribution in [1.82, 2.24) is 14.8 Å². The molecule has 0 unspecified atom stereocenters. The van der Waals surface area contributed by atoms with E-state index in [1.165, 1.54) is 11.8 Å². The van der Waals surface area contributed by atoms with E-state index >= 15 is 0 Å². The first-order chi connectivity index (χ1) is 14.9. The van der Waals surface area contributed by atoms with Crippen LogP contribution in [-0.4, -0.2) is 39.5 Å². The summed E-state index contributed by atoms with van der Waals surface area (Å²) in [5, 5.41) is 12.6. The van der Waals surface area contributed by atoms with Gasteiger partial charge < -0.3 is 14.6 Å². The van der Waals surface area contributed by atoms with Crippen molar-refractivity contribution in [2.45, 2.75) is 50.7 Å². The number of benzene rings is 1. The molecule has 0 aliphatic carbocycles. The highest BCUT2D eigenvalue weighted by Crippen LogP contribution is 2.30. The molecule has 1 amide bonds. The lowest BCUT2D eigenvalue weighted by atomic mass is 9.86. The van der Waals surface area contributed by atoms with E-state index in [1.54, 1.807) is 6.26 Å². The SMILES string of the molecule is CC(C)(C)c1ccccc1NC(=O)CSc1nnc(N2CCCC2)n1Cc1ccco1. The second-order valence-corrected chi connectivity index (χ2v) is 9.72. The van der Waals surface area contributed by atoms with Crippen LogP contribution >= 0.6 is 11.8 Å². The van der Waals surface area contributed by atoms with Gasteiger partial charge in [0, 0.05) is 18.8 Å². The molecule has 1 N–H and O–H groups in total. The van der Waals surface area contributed by atoms with Crippen LogP contribution in [0.4, 0.5) is 11.6 Å². The summed E-state index contributed by atoms with van der Waals surface area (Å²) in [7, 11) is 0. The molecule has 31 heavy (non-hydrogen) atoms. The maximum atomic E-state index is 12.7. The summed E-state index contributed by atoms with van der Waals surface area (Å²) in [6.07, 6.45) is 3.99. The Morgan fingerprint density at radius 3 is 2.61 bits per heavy atom. The van der Waals surface area contributed by atoms with Crippen LogP contribution in [0.3, 0.4) is 0 Å². The Morgan fingerprint density at radius 1 is 1.13 bits per heavy atom. The van der Waals surface area contributed by atoms with Crippen LogP contribution in [0, 0.1) is 0 Å². The maximum absolute atomic E-state index is 12.7. The van der Waals surface area contributed by atoms with Crippen molar-refractivity contribution in [1.29, 1.82) is 0 Å². The van der Waals surface area contributed by atoms with Gasteiger partial charge in [-0.05, 0) is 42.0 Å². The molecule has 164 valence electrons. The molecule has 7 nitrogen and oxygen atoms in total. The lowest BCUT2D eigenvalue weighted by Gasteiger charge is -2.23. The van der Waals surface area contributed by atoms with E-state index in [-0.39, 0.29) is 17.1 Å². The van der Waals surface area contributed by atoms with Crippen LogP contribution in [0.5, 0.6) is 0 Å². The normalized spacial score (nSPS) is 14.2. The topological polar surface area (TPSA) is 76.2 Å². The van der Waals surface area contributed by atoms with E-state index < -0.39 is 0 Å². The summed E-state index contributed by atoms with van der Waals surface area (Å²) in [5.41, 5.74) is 1.92. The molecule has 2 aromatic heterocycles. The molecular weight excluding hydrogens is 410 g/mol. The van der Waals surface area contributed by atoms with Crippen molar-refractivity contribution >= 4 is 29.3 Å². The van der Waals surface area contributed by atoms with E-state index in [1.807, 2.05) is 34.9 Å². The molecule has 0 atom stereocenters. The molecular formula is C23H29N5O2S. The molecule has 0 bridgehead atoms. The van der Waals surface area contributed by atoms with Gasteiger partial charge in [0.05, 0.1) is 18.6 Å². The third-order valence-corrected chi connectivity index (χ3v) is 6.29. The first kappa shape index (κ1) is 21.5. The van der Waals surface area contributed by atoms with Crippen molar-refractivity contribution in [3.05, 3.63) is 54.0 Å². The molecule has 4 rings (SSSR count). The highest BCUT2D eigenvalue weighted by atomic mass is 32.2. The monoisotopic (exact) mass is 439 g/mol. The second-order valence-electron chi connectivity index (χ2n) is 8.77. The molecule has 0 radical (unpaired) electrons. The first-order valence-corrected chi connectivity index (χ1v) is 11.6. The lowest BCUT2D eigenvalue weighted by Crippen LogP contribution is -2.23. The zero-order valence-corrected chi connectivity index (χ0v) is 19.1. The number of carbonyl (C=O) groups is 1. The average Bonchev–Trinajstić information content (AvgIpc) is 3.49. The van der Waals surface area contributed by atoms with Gasteiger partial charge in [-0.3, -0.25) is 9.36 Å². The van der Waals surface area contributed by atoms with Crippen LogP contribution < -0.4 is 10.2 Å². The van der Waals surface area contributed by atoms with Gasteiger partial charge in [-0.15, -0.1) is 10.2 Å². The van der Waals surface area contributed by atoms with Crippen LogP contribution in [0.2, 0.25) is 0 Å². The Labute approximate surface area is 187 Å². The van der Waals surface area contributed by atoms with Crippen molar-refractivity contribution < 1.29 is 9.21 Å². The smallest absolute Gasteiger partial charge is 0.234 e. The molecule has 8 heteroatoms. The Hall–Kier alpha value is -2.74. The third kappa shape index (κ3) is 5.12. The fourth-order valence-corrected chi connectivity index (χ4v) is 4.53. The highest BCUT2D eigenvalue weighted by Gasteiger charge is 2.23. The average molecular weight is 440 g/mol. The second kappa shape index (κ2) is 9.18. The van der Waals surface area contributed by atoms with Crippen molar-refractivity contribution in [2.24, 2.45) is 0 Å². The van der Waals surface area contributed by atoms with E-state index in [0.29, 0.717) is 6.54 Å². The number of nitrogens with zero attached hydrogens (tertiary/aromatic N) is 4. The molecule has 1 aliphatic heterocycles. The number of carbonyl (C=O) groups excluding carboxylic acids is 1. The summed E-state index contributed by atoms with van der Waals surface area (Å²) in [6.45, 7) is 8.93. The quantitative estimate of drug-likeness (QED) is 0.545. The number of anilines is 2. The van der Waals surface area contributed by atoms with Gasteiger partial charge in [0.25, 0.3) is 0 Å². The minimum atomic E-state index is -0.0584. The van der Waals surface area contributed by atoms with Crippen LogP contribution in [0.25, 0.3) is 0 Å². The fraction of sp³-hybridized carbons (Fsp3) is 0.435. The van der Waals surface area contributed by atoms with Gasteiger partial charge in [-0.1, -0.05) is 50.7 Å². The summed E-state index contributed by atoms with van der Waals surface area (Å²) in [4.78, 5) is 15.0. The van der Waals surface area contributed by atoms with Crippen molar-refractivity contribution in [3.63, 3.8) is 0 Å².